The third-order valence-corrected chi connectivity index (χ3v) is 5.95. The minimum Gasteiger partial charge on any atom is -0.330 e. The summed E-state index contributed by atoms with van der Waals surface area (Å²) in [4.78, 5) is 15.1. The van der Waals surface area contributed by atoms with Crippen molar-refractivity contribution in [1.82, 2.24) is 24.7 Å². The molecule has 0 aliphatic carbocycles. The first-order valence-corrected chi connectivity index (χ1v) is 9.98. The van der Waals surface area contributed by atoms with Gasteiger partial charge in [-0.2, -0.15) is 10.2 Å². The molecule has 7 heteroatoms. The summed E-state index contributed by atoms with van der Waals surface area (Å²) in [5.74, 6) is -0.0577. The molecule has 1 amide bonds. The number of benzene rings is 1. The molecule has 3 aromatic heterocycles. The second-order valence-corrected chi connectivity index (χ2v) is 7.91. The highest BCUT2D eigenvalue weighted by atomic mass is 35.5. The predicted molar refractivity (Wildman–Crippen MR) is 112 cm³/mol. The number of aryl methyl sites for hydroxylation is 1. The maximum Gasteiger partial charge on any atom is 0.274 e. The van der Waals surface area contributed by atoms with Gasteiger partial charge in [-0.05, 0) is 55.2 Å². The van der Waals surface area contributed by atoms with Gasteiger partial charge < -0.3 is 4.90 Å². The van der Waals surface area contributed by atoms with Crippen molar-refractivity contribution >= 4 is 23.0 Å². The van der Waals surface area contributed by atoms with Gasteiger partial charge in [0.25, 0.3) is 5.91 Å². The number of amides is 1. The molecule has 1 N–H and O–H groups in total. The predicted octanol–water partition coefficient (Wildman–Crippen LogP) is 4.45. The number of hydrogen-bond donors (Lipinski definition) is 1. The Labute approximate surface area is 173 Å². The van der Waals surface area contributed by atoms with Gasteiger partial charge in [0.15, 0.2) is 5.69 Å². The summed E-state index contributed by atoms with van der Waals surface area (Å²) in [6, 6.07) is 11.9. The normalized spacial score (nSPS) is 16.2. The minimum absolute atomic E-state index is 0.0147. The first kappa shape index (κ1) is 17.9. The van der Waals surface area contributed by atoms with Crippen LogP contribution in [0, 0.1) is 6.92 Å². The van der Waals surface area contributed by atoms with Gasteiger partial charge in [0.2, 0.25) is 0 Å². The van der Waals surface area contributed by atoms with Gasteiger partial charge in [-0.15, -0.1) is 0 Å². The fourth-order valence-electron chi connectivity index (χ4n) is 4.14. The van der Waals surface area contributed by atoms with Crippen molar-refractivity contribution in [2.75, 3.05) is 6.54 Å². The molecule has 1 aromatic carbocycles. The Morgan fingerprint density at radius 3 is 2.90 bits per heavy atom. The topological polar surface area (TPSA) is 66.3 Å². The Balaban J connectivity index is 1.45. The van der Waals surface area contributed by atoms with E-state index in [1.807, 2.05) is 30.2 Å². The molecule has 146 valence electrons. The van der Waals surface area contributed by atoms with Crippen molar-refractivity contribution < 1.29 is 4.79 Å². The zero-order valence-corrected chi connectivity index (χ0v) is 16.9. The summed E-state index contributed by atoms with van der Waals surface area (Å²) >= 11 is 6.03. The van der Waals surface area contributed by atoms with Gasteiger partial charge in [0.05, 0.1) is 22.3 Å². The third kappa shape index (κ3) is 3.00. The van der Waals surface area contributed by atoms with E-state index in [-0.39, 0.29) is 11.9 Å². The molecule has 0 bridgehead atoms. The largest absolute Gasteiger partial charge is 0.330 e. The van der Waals surface area contributed by atoms with Crippen LogP contribution >= 0.6 is 11.6 Å². The number of hydrogen-bond acceptors (Lipinski definition) is 3. The molecule has 0 saturated carbocycles. The lowest BCUT2D eigenvalue weighted by Gasteiger charge is -2.35. The number of fused-ring (bicyclic) bond motifs is 2. The lowest BCUT2D eigenvalue weighted by atomic mass is 9.90. The van der Waals surface area contributed by atoms with Crippen LogP contribution in [-0.4, -0.2) is 37.2 Å². The standard InChI is InChI=1S/C22H20ClN5O/c1-13-20(11-24-25-13)15-3-6-19-14(2)27(8-7-16(19)9-15)22(29)21-10-18-5-4-17(23)12-28(18)26-21/h3-6,9-12,14H,7-8H2,1-2H3,(H,24,25). The van der Waals surface area contributed by atoms with Crippen LogP contribution in [-0.2, 0) is 6.42 Å². The molecule has 1 aliphatic rings. The minimum atomic E-state index is -0.0577. The van der Waals surface area contributed by atoms with Crippen molar-refractivity contribution in [2.45, 2.75) is 26.3 Å². The van der Waals surface area contributed by atoms with Gasteiger partial charge in [-0.3, -0.25) is 9.89 Å². The first-order chi connectivity index (χ1) is 14.0. The van der Waals surface area contributed by atoms with E-state index in [4.69, 9.17) is 11.6 Å². The molecule has 1 unspecified atom stereocenters. The van der Waals surface area contributed by atoms with E-state index in [1.54, 1.807) is 16.8 Å². The summed E-state index contributed by atoms with van der Waals surface area (Å²) in [6.45, 7) is 4.73. The van der Waals surface area contributed by atoms with Crippen LogP contribution < -0.4 is 0 Å². The molecule has 4 heterocycles. The SMILES string of the molecule is Cc1n[nH]cc1-c1ccc2c(c1)CCN(C(=O)c1cc3ccc(Cl)cn3n1)C2C. The Hall–Kier alpha value is -3.12. The molecule has 29 heavy (non-hydrogen) atoms. The number of aromatic amines is 1. The molecule has 0 spiro atoms. The molecule has 1 atom stereocenters. The zero-order chi connectivity index (χ0) is 20.1. The van der Waals surface area contributed by atoms with E-state index in [0.29, 0.717) is 17.3 Å². The van der Waals surface area contributed by atoms with Crippen LogP contribution in [0.2, 0.25) is 5.02 Å². The number of aromatic nitrogens is 4. The van der Waals surface area contributed by atoms with Crippen LogP contribution in [0.1, 0.15) is 40.3 Å². The number of halogens is 1. The second kappa shape index (κ2) is 6.74. The van der Waals surface area contributed by atoms with Crippen LogP contribution in [0.15, 0.2) is 48.8 Å². The van der Waals surface area contributed by atoms with Gasteiger partial charge in [0.1, 0.15) is 0 Å². The summed E-state index contributed by atoms with van der Waals surface area (Å²) in [5, 5.41) is 12.2. The van der Waals surface area contributed by atoms with E-state index in [9.17, 15) is 4.79 Å². The molecule has 4 aromatic rings. The molecular formula is C22H20ClN5O. The fourth-order valence-corrected chi connectivity index (χ4v) is 4.30. The van der Waals surface area contributed by atoms with Gasteiger partial charge in [-0.1, -0.05) is 29.8 Å². The number of pyridine rings is 1. The van der Waals surface area contributed by atoms with Crippen LogP contribution in [0.4, 0.5) is 0 Å². The summed E-state index contributed by atoms with van der Waals surface area (Å²) < 4.78 is 1.65. The molecule has 1 aliphatic heterocycles. The number of nitrogens with one attached hydrogen (secondary N) is 1. The van der Waals surface area contributed by atoms with E-state index in [2.05, 4.69) is 40.4 Å². The van der Waals surface area contributed by atoms with Crippen molar-refractivity contribution in [3.05, 3.63) is 76.3 Å². The number of rotatable bonds is 2. The van der Waals surface area contributed by atoms with Gasteiger partial charge in [0, 0.05) is 24.5 Å². The molecule has 6 nitrogen and oxygen atoms in total. The van der Waals surface area contributed by atoms with Crippen molar-refractivity contribution in [3.63, 3.8) is 0 Å². The molecular weight excluding hydrogens is 386 g/mol. The van der Waals surface area contributed by atoms with Crippen molar-refractivity contribution in [1.29, 1.82) is 0 Å². The maximum atomic E-state index is 13.2. The number of carbonyl (C=O) groups is 1. The van der Waals surface area contributed by atoms with E-state index in [1.165, 1.54) is 11.1 Å². The average Bonchev–Trinajstić information content (AvgIpc) is 3.33. The molecule has 5 rings (SSSR count). The van der Waals surface area contributed by atoms with E-state index >= 15 is 0 Å². The highest BCUT2D eigenvalue weighted by Gasteiger charge is 2.30. The quantitative estimate of drug-likeness (QED) is 0.536. The Bertz CT molecular complexity index is 1240. The van der Waals surface area contributed by atoms with Crippen LogP contribution in [0.25, 0.3) is 16.6 Å². The van der Waals surface area contributed by atoms with E-state index in [0.717, 1.165) is 28.8 Å². The molecule has 0 radical (unpaired) electrons. The van der Waals surface area contributed by atoms with E-state index < -0.39 is 0 Å². The smallest absolute Gasteiger partial charge is 0.274 e. The monoisotopic (exact) mass is 405 g/mol. The summed E-state index contributed by atoms with van der Waals surface area (Å²) in [6.07, 6.45) is 4.45. The van der Waals surface area contributed by atoms with Crippen LogP contribution in [0.5, 0.6) is 0 Å². The number of H-pyrrole nitrogens is 1. The second-order valence-electron chi connectivity index (χ2n) is 7.47. The zero-order valence-electron chi connectivity index (χ0n) is 16.2. The van der Waals surface area contributed by atoms with Crippen LogP contribution in [0.3, 0.4) is 0 Å². The highest BCUT2D eigenvalue weighted by molar-refractivity contribution is 6.30. The van der Waals surface area contributed by atoms with Gasteiger partial charge >= 0.3 is 0 Å². The molecule has 0 saturated heterocycles. The summed E-state index contributed by atoms with van der Waals surface area (Å²) in [5.41, 5.74) is 7.00. The fraction of sp³-hybridized carbons (Fsp3) is 0.227. The van der Waals surface area contributed by atoms with Crippen molar-refractivity contribution in [3.8, 4) is 11.1 Å². The van der Waals surface area contributed by atoms with Gasteiger partial charge in [-0.25, -0.2) is 4.52 Å². The maximum absolute atomic E-state index is 13.2. The first-order valence-electron chi connectivity index (χ1n) is 9.61. The lowest BCUT2D eigenvalue weighted by Crippen LogP contribution is -2.39. The number of carbonyl (C=O) groups excluding carboxylic acids is 1. The Morgan fingerprint density at radius 2 is 2.10 bits per heavy atom. The van der Waals surface area contributed by atoms with Crippen molar-refractivity contribution in [2.24, 2.45) is 0 Å². The lowest BCUT2D eigenvalue weighted by molar-refractivity contribution is 0.0671. The molecule has 0 fully saturated rings. The Kier molecular flexibility index (Phi) is 4.17. The average molecular weight is 406 g/mol. The Morgan fingerprint density at radius 1 is 1.24 bits per heavy atom. The highest BCUT2D eigenvalue weighted by Crippen LogP contribution is 2.34. The summed E-state index contributed by atoms with van der Waals surface area (Å²) in [7, 11) is 0. The number of nitrogens with zero attached hydrogens (tertiary/aromatic N) is 4. The third-order valence-electron chi connectivity index (χ3n) is 5.73.